The molecule has 0 aliphatic carbocycles. The maximum Gasteiger partial charge on any atom is 0.255 e. The number of hydrogen-bond acceptors (Lipinski definition) is 6. The van der Waals surface area contributed by atoms with Gasteiger partial charge in [0, 0.05) is 55.8 Å². The summed E-state index contributed by atoms with van der Waals surface area (Å²) in [5.74, 6) is -0.174. The highest BCUT2D eigenvalue weighted by molar-refractivity contribution is 6.30. The first-order valence-electron chi connectivity index (χ1n) is 11.3. The molecule has 0 radical (unpaired) electrons. The van der Waals surface area contributed by atoms with Gasteiger partial charge < -0.3 is 15.4 Å². The average Bonchev–Trinajstić information content (AvgIpc) is 2.86. The van der Waals surface area contributed by atoms with Crippen LogP contribution in [0.2, 0.25) is 5.02 Å². The largest absolute Gasteiger partial charge is 0.379 e. The van der Waals surface area contributed by atoms with Gasteiger partial charge in [-0.2, -0.15) is 0 Å². The fourth-order valence-electron chi connectivity index (χ4n) is 3.81. The van der Waals surface area contributed by atoms with Crippen LogP contribution in [0.3, 0.4) is 0 Å². The van der Waals surface area contributed by atoms with Gasteiger partial charge >= 0.3 is 0 Å². The number of carbonyl (C=O) groups excluding carboxylic acids is 2. The molecule has 1 aliphatic rings. The standard InChI is InChI=1S/C25H26ClN5O4/c26-19-6-9-22(27-16-19)29-23(32)15-20(17-30-11-13-35-14-12-30)28-25(34)18-4-7-21(8-5-18)31-10-2-1-3-24(31)33/h1-10,16,20H,11-15,17H2,(H,28,34)(H,27,29,32). The summed E-state index contributed by atoms with van der Waals surface area (Å²) in [6.45, 7) is 3.19. The summed E-state index contributed by atoms with van der Waals surface area (Å²) in [7, 11) is 0. The Kier molecular flexibility index (Phi) is 8.25. The number of halogens is 1. The van der Waals surface area contributed by atoms with Crippen LogP contribution in [-0.2, 0) is 9.53 Å². The zero-order valence-corrected chi connectivity index (χ0v) is 19.8. The van der Waals surface area contributed by atoms with Crippen molar-refractivity contribution in [2.24, 2.45) is 0 Å². The fraction of sp³-hybridized carbons (Fsp3) is 0.280. The van der Waals surface area contributed by atoms with Gasteiger partial charge in [0.15, 0.2) is 0 Å². The maximum absolute atomic E-state index is 13.0. The highest BCUT2D eigenvalue weighted by Gasteiger charge is 2.22. The first-order chi connectivity index (χ1) is 17.0. The van der Waals surface area contributed by atoms with E-state index < -0.39 is 6.04 Å². The molecule has 0 bridgehead atoms. The van der Waals surface area contributed by atoms with Crippen LogP contribution in [0.15, 0.2) is 71.8 Å². The van der Waals surface area contributed by atoms with Crippen molar-refractivity contribution in [1.29, 1.82) is 0 Å². The van der Waals surface area contributed by atoms with Gasteiger partial charge in [-0.05, 0) is 42.5 Å². The highest BCUT2D eigenvalue weighted by atomic mass is 35.5. The normalized spacial score (nSPS) is 14.8. The van der Waals surface area contributed by atoms with Crippen molar-refractivity contribution >= 4 is 29.2 Å². The van der Waals surface area contributed by atoms with Crippen LogP contribution in [-0.4, -0.2) is 65.2 Å². The zero-order valence-electron chi connectivity index (χ0n) is 19.0. The highest BCUT2D eigenvalue weighted by Crippen LogP contribution is 2.12. The topological polar surface area (TPSA) is 106 Å². The van der Waals surface area contributed by atoms with Gasteiger partial charge in [0.25, 0.3) is 11.5 Å². The maximum atomic E-state index is 13.0. The lowest BCUT2D eigenvalue weighted by atomic mass is 10.1. The van der Waals surface area contributed by atoms with E-state index in [0.29, 0.717) is 41.8 Å². The summed E-state index contributed by atoms with van der Waals surface area (Å²) in [5, 5.41) is 6.21. The second-order valence-corrected chi connectivity index (χ2v) is 8.59. The number of nitrogens with one attached hydrogen (secondary N) is 2. The number of aromatic nitrogens is 2. The number of carbonyl (C=O) groups is 2. The summed E-state index contributed by atoms with van der Waals surface area (Å²) in [6, 6.07) is 14.5. The minimum absolute atomic E-state index is 0.0743. The van der Waals surface area contributed by atoms with Crippen molar-refractivity contribution in [2.75, 3.05) is 38.2 Å². The SMILES string of the molecule is O=C(CC(CN1CCOCC1)NC(=O)c1ccc(-n2ccccc2=O)cc1)Nc1ccc(Cl)cn1. The first kappa shape index (κ1) is 24.6. The Bertz CT molecular complexity index is 1210. The van der Waals surface area contributed by atoms with Gasteiger partial charge in [-0.1, -0.05) is 17.7 Å². The molecule has 1 aliphatic heterocycles. The Balaban J connectivity index is 1.43. The van der Waals surface area contributed by atoms with Crippen LogP contribution in [0, 0.1) is 0 Å². The third-order valence-electron chi connectivity index (χ3n) is 5.57. The lowest BCUT2D eigenvalue weighted by Crippen LogP contribution is -2.48. The lowest BCUT2D eigenvalue weighted by molar-refractivity contribution is -0.116. The van der Waals surface area contributed by atoms with Crippen molar-refractivity contribution in [2.45, 2.75) is 12.5 Å². The molecular formula is C25H26ClN5O4. The molecule has 1 aromatic carbocycles. The van der Waals surface area contributed by atoms with Crippen LogP contribution < -0.4 is 16.2 Å². The molecule has 2 aromatic heterocycles. The van der Waals surface area contributed by atoms with Crippen LogP contribution in [0.25, 0.3) is 5.69 Å². The molecule has 2 amide bonds. The second-order valence-electron chi connectivity index (χ2n) is 8.15. The third-order valence-corrected chi connectivity index (χ3v) is 5.80. The number of pyridine rings is 2. The smallest absolute Gasteiger partial charge is 0.255 e. The molecule has 4 rings (SSSR count). The van der Waals surface area contributed by atoms with Crippen LogP contribution in [0.4, 0.5) is 5.82 Å². The number of morpholine rings is 1. The average molecular weight is 496 g/mol. The van der Waals surface area contributed by atoms with E-state index in [9.17, 15) is 14.4 Å². The molecule has 2 N–H and O–H groups in total. The van der Waals surface area contributed by atoms with Gasteiger partial charge in [-0.25, -0.2) is 4.98 Å². The van der Waals surface area contributed by atoms with E-state index in [4.69, 9.17) is 16.3 Å². The number of rotatable bonds is 8. The van der Waals surface area contributed by atoms with Crippen LogP contribution in [0.1, 0.15) is 16.8 Å². The zero-order chi connectivity index (χ0) is 24.6. The van der Waals surface area contributed by atoms with Crippen molar-refractivity contribution in [3.63, 3.8) is 0 Å². The Morgan fingerprint density at radius 3 is 2.51 bits per heavy atom. The molecule has 1 atom stereocenters. The molecule has 1 unspecified atom stereocenters. The summed E-state index contributed by atoms with van der Waals surface area (Å²) in [5.41, 5.74) is 0.938. The van der Waals surface area contributed by atoms with E-state index in [1.165, 1.54) is 16.8 Å². The summed E-state index contributed by atoms with van der Waals surface area (Å²) in [4.78, 5) is 44.0. The lowest BCUT2D eigenvalue weighted by Gasteiger charge is -2.30. The van der Waals surface area contributed by atoms with Gasteiger partial charge in [0.2, 0.25) is 5.91 Å². The minimum Gasteiger partial charge on any atom is -0.379 e. The molecule has 9 nitrogen and oxygen atoms in total. The summed E-state index contributed by atoms with van der Waals surface area (Å²) >= 11 is 5.85. The van der Waals surface area contributed by atoms with E-state index in [1.54, 1.807) is 54.7 Å². The molecule has 3 aromatic rings. The van der Waals surface area contributed by atoms with Crippen LogP contribution >= 0.6 is 11.6 Å². The van der Waals surface area contributed by atoms with Crippen molar-refractivity contribution < 1.29 is 14.3 Å². The van der Waals surface area contributed by atoms with Gasteiger partial charge in [-0.3, -0.25) is 23.9 Å². The van der Waals surface area contributed by atoms with Crippen molar-refractivity contribution in [1.82, 2.24) is 19.8 Å². The number of benzene rings is 1. The molecule has 182 valence electrons. The van der Waals surface area contributed by atoms with Gasteiger partial charge in [0.1, 0.15) is 5.82 Å². The Morgan fingerprint density at radius 2 is 1.83 bits per heavy atom. The summed E-state index contributed by atoms with van der Waals surface area (Å²) < 4.78 is 6.90. The van der Waals surface area contributed by atoms with E-state index >= 15 is 0 Å². The predicted octanol–water partition coefficient (Wildman–Crippen LogP) is 2.35. The fourth-order valence-corrected chi connectivity index (χ4v) is 3.92. The third kappa shape index (κ3) is 6.98. The number of amides is 2. The van der Waals surface area contributed by atoms with Crippen molar-refractivity contribution in [3.05, 3.63) is 87.9 Å². The number of anilines is 1. The first-order valence-corrected chi connectivity index (χ1v) is 11.7. The predicted molar refractivity (Wildman–Crippen MR) is 133 cm³/mol. The minimum atomic E-state index is -0.427. The molecule has 0 saturated carbocycles. The molecule has 0 spiro atoms. The number of nitrogens with zero attached hydrogens (tertiary/aromatic N) is 3. The molecule has 10 heteroatoms. The van der Waals surface area contributed by atoms with Crippen LogP contribution in [0.5, 0.6) is 0 Å². The quantitative estimate of drug-likeness (QED) is 0.497. The molecule has 35 heavy (non-hydrogen) atoms. The Hall–Kier alpha value is -3.53. The van der Waals surface area contributed by atoms with E-state index in [2.05, 4.69) is 20.5 Å². The van der Waals surface area contributed by atoms with E-state index in [-0.39, 0.29) is 23.8 Å². The second kappa shape index (κ2) is 11.7. The Labute approximate surface area is 207 Å². The summed E-state index contributed by atoms with van der Waals surface area (Å²) in [6.07, 6.45) is 3.20. The Morgan fingerprint density at radius 1 is 1.06 bits per heavy atom. The number of ether oxygens (including phenoxy) is 1. The molecular weight excluding hydrogens is 470 g/mol. The van der Waals surface area contributed by atoms with Gasteiger partial charge in [-0.15, -0.1) is 0 Å². The van der Waals surface area contributed by atoms with Gasteiger partial charge in [0.05, 0.1) is 24.3 Å². The van der Waals surface area contributed by atoms with E-state index in [0.717, 1.165) is 13.1 Å². The molecule has 3 heterocycles. The monoisotopic (exact) mass is 495 g/mol. The molecule has 1 saturated heterocycles. The van der Waals surface area contributed by atoms with Crippen molar-refractivity contribution in [3.8, 4) is 5.69 Å². The molecule has 1 fully saturated rings. The number of hydrogen-bond donors (Lipinski definition) is 2. The van der Waals surface area contributed by atoms with E-state index in [1.807, 2.05) is 0 Å².